The smallest absolute Gasteiger partial charge is 0.251 e. The molecule has 0 unspecified atom stereocenters. The van der Waals surface area contributed by atoms with Crippen molar-refractivity contribution in [3.8, 4) is 0 Å². The highest BCUT2D eigenvalue weighted by atomic mass is 32.1. The third kappa shape index (κ3) is 7.39. The number of hydrogen-bond acceptors (Lipinski definition) is 4. The Morgan fingerprint density at radius 2 is 1.78 bits per heavy atom. The fourth-order valence-corrected chi connectivity index (χ4v) is 2.34. The van der Waals surface area contributed by atoms with Crippen molar-refractivity contribution < 1.29 is 14.3 Å². The van der Waals surface area contributed by atoms with E-state index >= 15 is 0 Å². The number of carbonyl (C=O) groups is 2. The molecule has 0 bridgehead atoms. The van der Waals surface area contributed by atoms with Gasteiger partial charge in [0.15, 0.2) is 5.11 Å². The van der Waals surface area contributed by atoms with Crippen LogP contribution in [0.15, 0.2) is 60.7 Å². The Hall–Kier alpha value is -3.03. The van der Waals surface area contributed by atoms with Crippen molar-refractivity contribution in [2.75, 3.05) is 25.6 Å². The first kappa shape index (κ1) is 20.3. The molecule has 0 fully saturated rings. The summed E-state index contributed by atoms with van der Waals surface area (Å²) in [5.41, 5.74) is 2.11. The third-order valence-corrected chi connectivity index (χ3v) is 3.66. The molecule has 0 aromatic heterocycles. The molecule has 0 radical (unpaired) electrons. The minimum Gasteiger partial charge on any atom is -0.383 e. The topological polar surface area (TPSA) is 79.5 Å². The lowest BCUT2D eigenvalue weighted by molar-refractivity contribution is -0.115. The van der Waals surface area contributed by atoms with Gasteiger partial charge in [0.1, 0.15) is 0 Å². The molecule has 0 aliphatic carbocycles. The van der Waals surface area contributed by atoms with Crippen LogP contribution in [0.25, 0.3) is 6.08 Å². The van der Waals surface area contributed by atoms with Crippen LogP contribution in [0.4, 0.5) is 5.69 Å². The Labute approximate surface area is 163 Å². The van der Waals surface area contributed by atoms with Crippen LogP contribution < -0.4 is 16.0 Å². The van der Waals surface area contributed by atoms with Gasteiger partial charge in [-0.3, -0.25) is 14.9 Å². The average molecular weight is 383 g/mol. The van der Waals surface area contributed by atoms with Gasteiger partial charge in [0.25, 0.3) is 5.91 Å². The quantitative estimate of drug-likeness (QED) is 0.389. The fraction of sp³-hybridized carbons (Fsp3) is 0.150. The molecule has 0 heterocycles. The highest BCUT2D eigenvalue weighted by Crippen LogP contribution is 2.09. The van der Waals surface area contributed by atoms with E-state index in [1.165, 1.54) is 6.08 Å². The number of rotatable bonds is 7. The van der Waals surface area contributed by atoms with Crippen LogP contribution in [0.1, 0.15) is 15.9 Å². The summed E-state index contributed by atoms with van der Waals surface area (Å²) < 4.78 is 4.89. The second-order valence-corrected chi connectivity index (χ2v) is 5.92. The number of methoxy groups -OCH3 is 1. The minimum atomic E-state index is -0.328. The molecule has 0 saturated heterocycles. The van der Waals surface area contributed by atoms with Gasteiger partial charge in [0.2, 0.25) is 5.91 Å². The Morgan fingerprint density at radius 3 is 2.44 bits per heavy atom. The predicted octanol–water partition coefficient (Wildman–Crippen LogP) is 2.59. The van der Waals surface area contributed by atoms with E-state index < -0.39 is 0 Å². The normalized spacial score (nSPS) is 10.4. The van der Waals surface area contributed by atoms with Crippen molar-refractivity contribution in [2.45, 2.75) is 0 Å². The minimum absolute atomic E-state index is 0.176. The van der Waals surface area contributed by atoms with Crippen molar-refractivity contribution in [1.29, 1.82) is 0 Å². The zero-order valence-corrected chi connectivity index (χ0v) is 15.7. The molecule has 6 nitrogen and oxygen atoms in total. The van der Waals surface area contributed by atoms with Crippen LogP contribution in [0.5, 0.6) is 0 Å². The van der Waals surface area contributed by atoms with Crippen molar-refractivity contribution >= 4 is 40.9 Å². The van der Waals surface area contributed by atoms with E-state index in [9.17, 15) is 9.59 Å². The van der Waals surface area contributed by atoms with Crippen molar-refractivity contribution in [3.05, 3.63) is 71.8 Å². The zero-order chi connectivity index (χ0) is 19.5. The molecular formula is C20H21N3O3S. The largest absolute Gasteiger partial charge is 0.383 e. The molecule has 2 rings (SSSR count). The second kappa shape index (κ2) is 10.8. The van der Waals surface area contributed by atoms with Crippen LogP contribution in [0, 0.1) is 0 Å². The summed E-state index contributed by atoms with van der Waals surface area (Å²) in [6, 6.07) is 16.3. The molecule has 0 aliphatic rings. The van der Waals surface area contributed by atoms with E-state index in [1.807, 2.05) is 30.3 Å². The van der Waals surface area contributed by atoms with E-state index in [4.69, 9.17) is 17.0 Å². The number of amides is 2. The molecular weight excluding hydrogens is 362 g/mol. The summed E-state index contributed by atoms with van der Waals surface area (Å²) >= 11 is 5.13. The van der Waals surface area contributed by atoms with E-state index in [0.717, 1.165) is 5.56 Å². The van der Waals surface area contributed by atoms with Gasteiger partial charge >= 0.3 is 0 Å². The molecule has 0 saturated carbocycles. The molecule has 0 spiro atoms. The summed E-state index contributed by atoms with van der Waals surface area (Å²) in [6.07, 6.45) is 3.12. The van der Waals surface area contributed by atoms with Crippen molar-refractivity contribution in [1.82, 2.24) is 10.6 Å². The third-order valence-electron chi connectivity index (χ3n) is 3.46. The van der Waals surface area contributed by atoms with Gasteiger partial charge in [0, 0.05) is 31.0 Å². The van der Waals surface area contributed by atoms with Gasteiger partial charge in [-0.2, -0.15) is 0 Å². The van der Waals surface area contributed by atoms with Gasteiger partial charge in [-0.15, -0.1) is 0 Å². The summed E-state index contributed by atoms with van der Waals surface area (Å²) in [5, 5.41) is 8.39. The van der Waals surface area contributed by atoms with Crippen LogP contribution in [-0.4, -0.2) is 37.2 Å². The summed E-state index contributed by atoms with van der Waals surface area (Å²) in [5.74, 6) is -0.508. The molecule has 0 atom stereocenters. The Kier molecular flexibility index (Phi) is 8.15. The van der Waals surface area contributed by atoms with Gasteiger partial charge in [-0.1, -0.05) is 30.3 Å². The van der Waals surface area contributed by atoms with Gasteiger partial charge < -0.3 is 15.4 Å². The van der Waals surface area contributed by atoms with Gasteiger partial charge in [-0.05, 0) is 48.1 Å². The van der Waals surface area contributed by atoms with Crippen molar-refractivity contribution in [3.63, 3.8) is 0 Å². The standard InChI is InChI=1S/C20H21N3O3S/c1-26-14-13-21-19(25)16-8-10-17(11-9-16)22-20(27)23-18(24)12-7-15-5-3-2-4-6-15/h2-12H,13-14H2,1H3,(H,21,25)(H2,22,23,24,27)/b12-7+. The highest BCUT2D eigenvalue weighted by Gasteiger charge is 2.06. The number of anilines is 1. The fourth-order valence-electron chi connectivity index (χ4n) is 2.13. The first-order valence-corrected chi connectivity index (χ1v) is 8.71. The maximum atomic E-state index is 11.9. The van der Waals surface area contributed by atoms with E-state index in [-0.39, 0.29) is 16.9 Å². The molecule has 3 N–H and O–H groups in total. The number of benzene rings is 2. The van der Waals surface area contributed by atoms with Crippen LogP contribution in [0.2, 0.25) is 0 Å². The van der Waals surface area contributed by atoms with Crippen molar-refractivity contribution in [2.24, 2.45) is 0 Å². The summed E-state index contributed by atoms with van der Waals surface area (Å²) in [7, 11) is 1.58. The summed E-state index contributed by atoms with van der Waals surface area (Å²) in [4.78, 5) is 23.8. The maximum absolute atomic E-state index is 11.9. The van der Waals surface area contributed by atoms with Crippen LogP contribution in [-0.2, 0) is 9.53 Å². The molecule has 0 aliphatic heterocycles. The molecule has 2 amide bonds. The molecule has 2 aromatic rings. The van der Waals surface area contributed by atoms with Crippen LogP contribution in [0.3, 0.4) is 0 Å². The molecule has 140 valence electrons. The van der Waals surface area contributed by atoms with E-state index in [1.54, 1.807) is 37.5 Å². The Balaban J connectivity index is 1.82. The second-order valence-electron chi connectivity index (χ2n) is 5.51. The number of nitrogens with one attached hydrogen (secondary N) is 3. The molecule has 2 aromatic carbocycles. The first-order chi connectivity index (χ1) is 13.1. The number of carbonyl (C=O) groups excluding carboxylic acids is 2. The van der Waals surface area contributed by atoms with Gasteiger partial charge in [-0.25, -0.2) is 0 Å². The summed E-state index contributed by atoms with van der Waals surface area (Å²) in [6.45, 7) is 0.903. The first-order valence-electron chi connectivity index (χ1n) is 8.31. The van der Waals surface area contributed by atoms with E-state index in [0.29, 0.717) is 24.4 Å². The number of thiocarbonyl (C=S) groups is 1. The Bertz CT molecular complexity index is 805. The average Bonchev–Trinajstić information content (AvgIpc) is 2.68. The number of ether oxygens (including phenoxy) is 1. The molecule has 27 heavy (non-hydrogen) atoms. The molecule has 7 heteroatoms. The lowest BCUT2D eigenvalue weighted by Gasteiger charge is -2.09. The monoisotopic (exact) mass is 383 g/mol. The van der Waals surface area contributed by atoms with E-state index in [2.05, 4.69) is 16.0 Å². The lowest BCUT2D eigenvalue weighted by Crippen LogP contribution is -2.32. The predicted molar refractivity (Wildman–Crippen MR) is 110 cm³/mol. The van der Waals surface area contributed by atoms with Crippen LogP contribution >= 0.6 is 12.2 Å². The maximum Gasteiger partial charge on any atom is 0.251 e. The lowest BCUT2D eigenvalue weighted by atomic mass is 10.2. The number of hydrogen-bond donors (Lipinski definition) is 3. The SMILES string of the molecule is COCCNC(=O)c1ccc(NC(=S)NC(=O)/C=C/c2ccccc2)cc1. The Morgan fingerprint density at radius 1 is 1.07 bits per heavy atom. The zero-order valence-electron chi connectivity index (χ0n) is 14.9. The highest BCUT2D eigenvalue weighted by molar-refractivity contribution is 7.80. The van der Waals surface area contributed by atoms with Gasteiger partial charge in [0.05, 0.1) is 6.61 Å².